The van der Waals surface area contributed by atoms with E-state index >= 15 is 0 Å². The fourth-order valence-electron chi connectivity index (χ4n) is 1.97. The largest absolute Gasteiger partial charge is 0.469 e. The second-order valence-corrected chi connectivity index (χ2v) is 4.90. The van der Waals surface area contributed by atoms with Gasteiger partial charge < -0.3 is 10.1 Å². The van der Waals surface area contributed by atoms with Crippen molar-refractivity contribution in [2.75, 3.05) is 33.3 Å². The molecule has 0 aromatic rings. The number of hydrogen-bond acceptors (Lipinski definition) is 4. The van der Waals surface area contributed by atoms with E-state index in [1.54, 1.807) is 0 Å². The van der Waals surface area contributed by atoms with E-state index in [0.717, 1.165) is 26.2 Å². The van der Waals surface area contributed by atoms with Gasteiger partial charge in [0.2, 0.25) is 0 Å². The first kappa shape index (κ1) is 12.5. The quantitative estimate of drug-likeness (QED) is 0.694. The van der Waals surface area contributed by atoms with Crippen molar-refractivity contribution in [3.8, 4) is 0 Å². The van der Waals surface area contributed by atoms with E-state index in [2.05, 4.69) is 17.1 Å². The lowest BCUT2D eigenvalue weighted by molar-refractivity contribution is -0.152. The van der Waals surface area contributed by atoms with Crippen molar-refractivity contribution in [3.63, 3.8) is 0 Å². The molecule has 15 heavy (non-hydrogen) atoms. The fourth-order valence-corrected chi connectivity index (χ4v) is 1.97. The number of ether oxygens (including phenoxy) is 1. The summed E-state index contributed by atoms with van der Waals surface area (Å²) in [6.45, 7) is 9.82. The topological polar surface area (TPSA) is 41.6 Å². The summed E-state index contributed by atoms with van der Waals surface area (Å²) in [7, 11) is 1.45. The highest BCUT2D eigenvalue weighted by Crippen LogP contribution is 2.20. The van der Waals surface area contributed by atoms with Crippen LogP contribution in [0, 0.1) is 5.41 Å². The number of carbonyl (C=O) groups is 1. The Bertz CT molecular complexity index is 229. The summed E-state index contributed by atoms with van der Waals surface area (Å²) in [5.41, 5.74) is -0.416. The predicted octanol–water partition coefficient (Wildman–Crippen LogP) is 0.479. The Morgan fingerprint density at radius 1 is 1.60 bits per heavy atom. The molecule has 0 bridgehead atoms. The van der Waals surface area contributed by atoms with Crippen molar-refractivity contribution in [1.29, 1.82) is 0 Å². The Hall–Kier alpha value is -0.610. The van der Waals surface area contributed by atoms with E-state index < -0.39 is 5.41 Å². The number of hydrogen-bond donors (Lipinski definition) is 1. The van der Waals surface area contributed by atoms with Gasteiger partial charge in [0.05, 0.1) is 12.5 Å². The smallest absolute Gasteiger partial charge is 0.312 e. The third kappa shape index (κ3) is 3.18. The van der Waals surface area contributed by atoms with Crippen molar-refractivity contribution in [2.45, 2.75) is 26.8 Å². The molecule has 0 aliphatic carbocycles. The fraction of sp³-hybridized carbons (Fsp3) is 0.909. The Morgan fingerprint density at radius 2 is 2.27 bits per heavy atom. The lowest BCUT2D eigenvalue weighted by atomic mass is 9.92. The second-order valence-electron chi connectivity index (χ2n) is 4.90. The lowest BCUT2D eigenvalue weighted by Crippen LogP contribution is -2.53. The van der Waals surface area contributed by atoms with Gasteiger partial charge in [0.25, 0.3) is 0 Å². The SMILES string of the molecule is COC(=O)C(C)(C)CN1CCNCC1C. The molecule has 0 radical (unpaired) electrons. The third-order valence-corrected chi connectivity index (χ3v) is 2.98. The average molecular weight is 214 g/mol. The van der Waals surface area contributed by atoms with E-state index in [9.17, 15) is 4.79 Å². The van der Waals surface area contributed by atoms with Gasteiger partial charge >= 0.3 is 5.97 Å². The summed E-state index contributed by atoms with van der Waals surface area (Å²) in [5.74, 6) is -0.131. The summed E-state index contributed by atoms with van der Waals surface area (Å²) in [5, 5.41) is 3.34. The predicted molar refractivity (Wildman–Crippen MR) is 59.7 cm³/mol. The van der Waals surface area contributed by atoms with Gasteiger partial charge in [-0.15, -0.1) is 0 Å². The van der Waals surface area contributed by atoms with Crippen LogP contribution in [0.5, 0.6) is 0 Å². The van der Waals surface area contributed by atoms with Crippen LogP contribution in [-0.2, 0) is 9.53 Å². The molecular formula is C11H22N2O2. The van der Waals surface area contributed by atoms with Crippen LogP contribution in [0.25, 0.3) is 0 Å². The number of nitrogens with zero attached hydrogens (tertiary/aromatic N) is 1. The van der Waals surface area contributed by atoms with E-state index in [1.807, 2.05) is 13.8 Å². The Kier molecular flexibility index (Phi) is 4.11. The van der Waals surface area contributed by atoms with Gasteiger partial charge in [-0.05, 0) is 20.8 Å². The highest BCUT2D eigenvalue weighted by atomic mass is 16.5. The van der Waals surface area contributed by atoms with Gasteiger partial charge in [0, 0.05) is 32.2 Å². The van der Waals surface area contributed by atoms with Crippen LogP contribution in [0.3, 0.4) is 0 Å². The Balaban J connectivity index is 2.55. The van der Waals surface area contributed by atoms with Crippen LogP contribution in [0.1, 0.15) is 20.8 Å². The molecule has 88 valence electrons. The van der Waals surface area contributed by atoms with E-state index in [-0.39, 0.29) is 5.97 Å². The molecule has 1 atom stereocenters. The number of piperazine rings is 1. The van der Waals surface area contributed by atoms with Crippen molar-refractivity contribution in [3.05, 3.63) is 0 Å². The molecule has 0 amide bonds. The van der Waals surface area contributed by atoms with Crippen LogP contribution in [0.2, 0.25) is 0 Å². The van der Waals surface area contributed by atoms with E-state index in [4.69, 9.17) is 4.74 Å². The lowest BCUT2D eigenvalue weighted by Gasteiger charge is -2.38. The number of rotatable bonds is 3. The first-order valence-corrected chi connectivity index (χ1v) is 5.50. The first-order valence-electron chi connectivity index (χ1n) is 5.50. The minimum absolute atomic E-state index is 0.131. The molecule has 1 aliphatic rings. The first-order chi connectivity index (χ1) is 6.97. The van der Waals surface area contributed by atoms with Crippen LogP contribution in [0.15, 0.2) is 0 Å². The van der Waals surface area contributed by atoms with E-state index in [0.29, 0.717) is 6.04 Å². The maximum Gasteiger partial charge on any atom is 0.312 e. The molecule has 1 unspecified atom stereocenters. The Morgan fingerprint density at radius 3 is 2.80 bits per heavy atom. The summed E-state index contributed by atoms with van der Waals surface area (Å²) in [6, 6.07) is 0.489. The van der Waals surface area contributed by atoms with Crippen LogP contribution < -0.4 is 5.32 Å². The van der Waals surface area contributed by atoms with Gasteiger partial charge in [0.15, 0.2) is 0 Å². The summed E-state index contributed by atoms with van der Waals surface area (Å²) in [4.78, 5) is 13.9. The molecule has 1 fully saturated rings. The molecule has 1 aliphatic heterocycles. The zero-order valence-corrected chi connectivity index (χ0v) is 10.2. The molecule has 0 aromatic carbocycles. The number of esters is 1. The van der Waals surface area contributed by atoms with Crippen LogP contribution in [-0.4, -0.2) is 50.2 Å². The normalized spacial score (nSPS) is 23.9. The minimum Gasteiger partial charge on any atom is -0.469 e. The molecule has 1 heterocycles. The van der Waals surface area contributed by atoms with Gasteiger partial charge in [-0.3, -0.25) is 9.69 Å². The standard InChI is InChI=1S/C11H22N2O2/c1-9-7-12-5-6-13(9)8-11(2,3)10(14)15-4/h9,12H,5-8H2,1-4H3. The molecular weight excluding hydrogens is 192 g/mol. The summed E-state index contributed by atoms with van der Waals surface area (Å²) in [6.07, 6.45) is 0. The van der Waals surface area contributed by atoms with Crippen molar-refractivity contribution in [1.82, 2.24) is 10.2 Å². The highest BCUT2D eigenvalue weighted by Gasteiger charge is 2.33. The molecule has 0 saturated carbocycles. The summed E-state index contributed by atoms with van der Waals surface area (Å²) < 4.78 is 4.81. The molecule has 0 aromatic heterocycles. The number of methoxy groups -OCH3 is 1. The second kappa shape index (κ2) is 4.94. The molecule has 1 N–H and O–H groups in total. The van der Waals surface area contributed by atoms with Gasteiger partial charge in [-0.1, -0.05) is 0 Å². The van der Waals surface area contributed by atoms with Crippen LogP contribution in [0.4, 0.5) is 0 Å². The van der Waals surface area contributed by atoms with Crippen molar-refractivity contribution in [2.24, 2.45) is 5.41 Å². The number of nitrogens with one attached hydrogen (secondary N) is 1. The average Bonchev–Trinajstić information content (AvgIpc) is 2.20. The number of carbonyl (C=O) groups excluding carboxylic acids is 1. The van der Waals surface area contributed by atoms with Crippen LogP contribution >= 0.6 is 0 Å². The third-order valence-electron chi connectivity index (χ3n) is 2.98. The monoisotopic (exact) mass is 214 g/mol. The molecule has 1 rings (SSSR count). The molecule has 4 heteroatoms. The minimum atomic E-state index is -0.416. The zero-order valence-electron chi connectivity index (χ0n) is 10.2. The molecule has 0 spiro atoms. The van der Waals surface area contributed by atoms with Crippen molar-refractivity contribution < 1.29 is 9.53 Å². The van der Waals surface area contributed by atoms with Gasteiger partial charge in [-0.2, -0.15) is 0 Å². The van der Waals surface area contributed by atoms with E-state index in [1.165, 1.54) is 7.11 Å². The zero-order chi connectivity index (χ0) is 11.5. The highest BCUT2D eigenvalue weighted by molar-refractivity contribution is 5.76. The molecule has 4 nitrogen and oxygen atoms in total. The maximum absolute atomic E-state index is 11.5. The molecule has 1 saturated heterocycles. The Labute approximate surface area is 92.0 Å². The van der Waals surface area contributed by atoms with Gasteiger partial charge in [0.1, 0.15) is 0 Å². The summed E-state index contributed by atoms with van der Waals surface area (Å²) >= 11 is 0. The van der Waals surface area contributed by atoms with Crippen molar-refractivity contribution >= 4 is 5.97 Å². The maximum atomic E-state index is 11.5. The van der Waals surface area contributed by atoms with Gasteiger partial charge in [-0.25, -0.2) is 0 Å².